The van der Waals surface area contributed by atoms with Crippen molar-refractivity contribution in [2.45, 2.75) is 65.0 Å². The lowest BCUT2D eigenvalue weighted by atomic mass is 10.2. The van der Waals surface area contributed by atoms with Crippen LogP contribution in [0.15, 0.2) is 42.5 Å². The van der Waals surface area contributed by atoms with Crippen molar-refractivity contribution >= 4 is 14.3 Å². The standard InChI is InChI=1S/C21H34O4Si/c1-7-24-20(22)15-11-14-19(25-26(5,6)21(2,3)4)17-23-16-18-12-9-8-10-13-18/h8-13,15,19H,7,14,16-17H2,1-6H3/b15-11-/t19-/m0/s1. The van der Waals surface area contributed by atoms with Gasteiger partial charge in [-0.2, -0.15) is 0 Å². The van der Waals surface area contributed by atoms with Crippen molar-refractivity contribution in [2.24, 2.45) is 0 Å². The maximum atomic E-state index is 11.5. The van der Waals surface area contributed by atoms with Gasteiger partial charge in [-0.15, -0.1) is 0 Å². The Balaban J connectivity index is 2.66. The number of esters is 1. The summed E-state index contributed by atoms with van der Waals surface area (Å²) < 4.78 is 17.3. The van der Waals surface area contributed by atoms with Crippen molar-refractivity contribution < 1.29 is 18.7 Å². The molecular formula is C21H34O4Si. The summed E-state index contributed by atoms with van der Waals surface area (Å²) in [6, 6.07) is 10.1. The van der Waals surface area contributed by atoms with Gasteiger partial charge in [0.15, 0.2) is 8.32 Å². The van der Waals surface area contributed by atoms with E-state index in [0.29, 0.717) is 26.2 Å². The minimum atomic E-state index is -1.92. The summed E-state index contributed by atoms with van der Waals surface area (Å²) in [5.41, 5.74) is 1.14. The van der Waals surface area contributed by atoms with Gasteiger partial charge in [-0.05, 0) is 37.0 Å². The molecule has 0 spiro atoms. The summed E-state index contributed by atoms with van der Waals surface area (Å²) in [7, 11) is -1.92. The lowest BCUT2D eigenvalue weighted by Gasteiger charge is -2.39. The summed E-state index contributed by atoms with van der Waals surface area (Å²) in [4.78, 5) is 11.5. The van der Waals surface area contributed by atoms with Crippen molar-refractivity contribution in [2.75, 3.05) is 13.2 Å². The Kier molecular flexibility index (Phi) is 9.26. The second-order valence-electron chi connectivity index (χ2n) is 7.89. The van der Waals surface area contributed by atoms with Gasteiger partial charge in [0.05, 0.1) is 25.9 Å². The van der Waals surface area contributed by atoms with E-state index in [2.05, 4.69) is 33.9 Å². The maximum Gasteiger partial charge on any atom is 0.330 e. The molecule has 0 saturated carbocycles. The van der Waals surface area contributed by atoms with E-state index in [-0.39, 0.29) is 17.1 Å². The molecule has 26 heavy (non-hydrogen) atoms. The lowest BCUT2D eigenvalue weighted by molar-refractivity contribution is -0.137. The predicted octanol–water partition coefficient (Wildman–Crippen LogP) is 5.10. The van der Waals surface area contributed by atoms with Crippen LogP contribution in [0.3, 0.4) is 0 Å². The normalized spacial score (nSPS) is 13.8. The molecule has 0 aliphatic rings. The number of rotatable bonds is 10. The largest absolute Gasteiger partial charge is 0.463 e. The Morgan fingerprint density at radius 1 is 1.19 bits per heavy atom. The van der Waals surface area contributed by atoms with Crippen LogP contribution in [0.1, 0.15) is 39.7 Å². The number of hydrogen-bond donors (Lipinski definition) is 0. The van der Waals surface area contributed by atoms with E-state index in [9.17, 15) is 4.79 Å². The Hall–Kier alpha value is -1.43. The molecule has 0 heterocycles. The molecule has 1 aromatic rings. The third-order valence-corrected chi connectivity index (χ3v) is 9.16. The highest BCUT2D eigenvalue weighted by Crippen LogP contribution is 2.37. The molecule has 0 aliphatic heterocycles. The first-order valence-electron chi connectivity index (χ1n) is 9.28. The van der Waals surface area contributed by atoms with Gasteiger partial charge < -0.3 is 13.9 Å². The number of carbonyl (C=O) groups is 1. The van der Waals surface area contributed by atoms with E-state index < -0.39 is 8.32 Å². The topological polar surface area (TPSA) is 44.8 Å². The summed E-state index contributed by atoms with van der Waals surface area (Å²) >= 11 is 0. The molecule has 4 nitrogen and oxygen atoms in total. The second kappa shape index (κ2) is 10.7. The average Bonchev–Trinajstić information content (AvgIpc) is 2.54. The highest BCUT2D eigenvalue weighted by Gasteiger charge is 2.39. The van der Waals surface area contributed by atoms with Gasteiger partial charge in [0, 0.05) is 6.08 Å². The molecule has 0 bridgehead atoms. The van der Waals surface area contributed by atoms with Crippen molar-refractivity contribution in [3.63, 3.8) is 0 Å². The summed E-state index contributed by atoms with van der Waals surface area (Å²) in [6.07, 6.45) is 3.84. The van der Waals surface area contributed by atoms with Gasteiger partial charge in [-0.3, -0.25) is 0 Å². The fourth-order valence-electron chi connectivity index (χ4n) is 2.13. The predicted molar refractivity (Wildman–Crippen MR) is 109 cm³/mol. The van der Waals surface area contributed by atoms with Crippen molar-refractivity contribution in [3.05, 3.63) is 48.0 Å². The third-order valence-electron chi connectivity index (χ3n) is 4.62. The highest BCUT2D eigenvalue weighted by atomic mass is 28.4. The van der Waals surface area contributed by atoms with Crippen LogP contribution in [0.4, 0.5) is 0 Å². The molecule has 0 saturated heterocycles. The molecule has 1 rings (SSSR count). The first-order valence-corrected chi connectivity index (χ1v) is 12.2. The van der Waals surface area contributed by atoms with Crippen LogP contribution in [0.25, 0.3) is 0 Å². The molecule has 0 fully saturated rings. The van der Waals surface area contributed by atoms with E-state index in [1.165, 1.54) is 6.08 Å². The summed E-state index contributed by atoms with van der Waals surface area (Å²) in [5.74, 6) is -0.316. The van der Waals surface area contributed by atoms with Gasteiger partial charge in [0.25, 0.3) is 0 Å². The summed E-state index contributed by atoms with van der Waals surface area (Å²) in [5, 5.41) is 0.121. The van der Waals surface area contributed by atoms with Crippen LogP contribution in [0.5, 0.6) is 0 Å². The van der Waals surface area contributed by atoms with Gasteiger partial charge in [0.1, 0.15) is 0 Å². The van der Waals surface area contributed by atoms with Gasteiger partial charge in [0.2, 0.25) is 0 Å². The van der Waals surface area contributed by atoms with Gasteiger partial charge >= 0.3 is 5.97 Å². The van der Waals surface area contributed by atoms with Crippen molar-refractivity contribution in [1.29, 1.82) is 0 Å². The zero-order valence-corrected chi connectivity index (χ0v) is 18.1. The Morgan fingerprint density at radius 2 is 1.85 bits per heavy atom. The van der Waals surface area contributed by atoms with Crippen LogP contribution in [-0.4, -0.2) is 33.6 Å². The monoisotopic (exact) mass is 378 g/mol. The molecular weight excluding hydrogens is 344 g/mol. The fraction of sp³-hybridized carbons (Fsp3) is 0.571. The molecule has 0 amide bonds. The first kappa shape index (κ1) is 22.6. The second-order valence-corrected chi connectivity index (χ2v) is 12.6. The first-order chi connectivity index (χ1) is 12.2. The highest BCUT2D eigenvalue weighted by molar-refractivity contribution is 6.74. The summed E-state index contributed by atoms with van der Waals surface area (Å²) in [6.45, 7) is 14.3. The molecule has 146 valence electrons. The van der Waals surface area contributed by atoms with Crippen molar-refractivity contribution in [3.8, 4) is 0 Å². The maximum absolute atomic E-state index is 11.5. The molecule has 0 radical (unpaired) electrons. The average molecular weight is 379 g/mol. The molecule has 0 unspecified atom stereocenters. The van der Waals surface area contributed by atoms with E-state index >= 15 is 0 Å². The van der Waals surface area contributed by atoms with Gasteiger partial charge in [-0.1, -0.05) is 57.2 Å². The van der Waals surface area contributed by atoms with Crippen LogP contribution < -0.4 is 0 Å². The Labute approximate surface area is 159 Å². The van der Waals surface area contributed by atoms with Crippen LogP contribution in [-0.2, 0) is 25.3 Å². The zero-order valence-electron chi connectivity index (χ0n) is 17.1. The van der Waals surface area contributed by atoms with Crippen LogP contribution in [0.2, 0.25) is 18.1 Å². The van der Waals surface area contributed by atoms with Crippen LogP contribution in [0, 0.1) is 0 Å². The minimum absolute atomic E-state index is 0.0784. The molecule has 5 heteroatoms. The molecule has 0 aliphatic carbocycles. The molecule has 1 atom stereocenters. The molecule has 0 aromatic heterocycles. The number of benzene rings is 1. The van der Waals surface area contributed by atoms with Crippen molar-refractivity contribution in [1.82, 2.24) is 0 Å². The Morgan fingerprint density at radius 3 is 2.42 bits per heavy atom. The SMILES string of the molecule is CCOC(=O)/C=C\C[C@@H](COCc1ccccc1)O[Si](C)(C)C(C)(C)C. The third kappa shape index (κ3) is 8.30. The zero-order chi connectivity index (χ0) is 19.6. The van der Waals surface area contributed by atoms with E-state index in [1.807, 2.05) is 36.4 Å². The van der Waals surface area contributed by atoms with E-state index in [1.54, 1.807) is 6.92 Å². The lowest BCUT2D eigenvalue weighted by Crippen LogP contribution is -2.45. The quantitative estimate of drug-likeness (QED) is 0.323. The van der Waals surface area contributed by atoms with E-state index in [0.717, 1.165) is 5.56 Å². The molecule has 0 N–H and O–H groups in total. The number of carbonyl (C=O) groups excluding carboxylic acids is 1. The number of ether oxygens (including phenoxy) is 2. The fourth-order valence-corrected chi connectivity index (χ4v) is 3.48. The molecule has 1 aromatic carbocycles. The number of hydrogen-bond acceptors (Lipinski definition) is 4. The minimum Gasteiger partial charge on any atom is -0.463 e. The smallest absolute Gasteiger partial charge is 0.330 e. The van der Waals surface area contributed by atoms with Gasteiger partial charge in [-0.25, -0.2) is 4.79 Å². The van der Waals surface area contributed by atoms with E-state index in [4.69, 9.17) is 13.9 Å². The van der Waals surface area contributed by atoms with Crippen LogP contribution >= 0.6 is 0 Å². The Bertz CT molecular complexity index is 561.